The Hall–Kier alpha value is -2.52. The summed E-state index contributed by atoms with van der Waals surface area (Å²) < 4.78 is 32.4. The number of rotatable bonds is 5. The average molecular weight is 443 g/mol. The first-order valence-corrected chi connectivity index (χ1v) is 11.9. The molecule has 0 atom stereocenters. The number of nitrogens with zero attached hydrogens (tertiary/aromatic N) is 1. The summed E-state index contributed by atoms with van der Waals surface area (Å²) in [6.07, 6.45) is 0. The molecule has 0 radical (unpaired) electrons. The van der Waals surface area contributed by atoms with Crippen LogP contribution in [0.3, 0.4) is 0 Å². The normalized spacial score (nSPS) is 15.1. The Morgan fingerprint density at radius 3 is 2.57 bits per heavy atom. The van der Waals surface area contributed by atoms with Crippen LogP contribution in [0.1, 0.15) is 15.9 Å². The zero-order valence-electron chi connectivity index (χ0n) is 16.5. The predicted molar refractivity (Wildman–Crippen MR) is 118 cm³/mol. The van der Waals surface area contributed by atoms with Crippen molar-refractivity contribution in [2.24, 2.45) is 0 Å². The number of hydrogen-bond donors (Lipinski definition) is 1. The minimum Gasteiger partial charge on any atom is -0.379 e. The van der Waals surface area contributed by atoms with E-state index in [1.54, 1.807) is 23.5 Å². The van der Waals surface area contributed by atoms with Crippen LogP contribution in [-0.2, 0) is 14.8 Å². The molecule has 1 saturated heterocycles. The minimum atomic E-state index is -3.66. The van der Waals surface area contributed by atoms with Gasteiger partial charge in [-0.25, -0.2) is 8.42 Å². The quantitative estimate of drug-likeness (QED) is 0.648. The first-order valence-electron chi connectivity index (χ1n) is 9.59. The summed E-state index contributed by atoms with van der Waals surface area (Å²) in [6.45, 7) is 3.43. The number of carbonyl (C=O) groups excluding carboxylic acids is 1. The van der Waals surface area contributed by atoms with Gasteiger partial charge in [-0.15, -0.1) is 11.3 Å². The summed E-state index contributed by atoms with van der Waals surface area (Å²) in [6, 6.07) is 15.8. The number of thiophene rings is 1. The molecule has 0 aliphatic carbocycles. The lowest BCUT2D eigenvalue weighted by Crippen LogP contribution is -2.40. The summed E-state index contributed by atoms with van der Waals surface area (Å²) in [5.41, 5.74) is 3.17. The van der Waals surface area contributed by atoms with Crippen molar-refractivity contribution in [2.75, 3.05) is 31.6 Å². The highest BCUT2D eigenvalue weighted by molar-refractivity contribution is 7.89. The standard InChI is InChI=1S/C22H22N2O4S2/c1-16-8-13-29-21(16)17-4-2-6-19(14-17)23-22(25)18-5-3-7-20(15-18)30(26,27)24-9-11-28-12-10-24/h2-8,13-15H,9-12H2,1H3,(H,23,25). The van der Waals surface area contributed by atoms with Gasteiger partial charge in [-0.3, -0.25) is 4.79 Å². The van der Waals surface area contributed by atoms with E-state index in [1.807, 2.05) is 29.6 Å². The fourth-order valence-electron chi connectivity index (χ4n) is 3.34. The molecule has 1 fully saturated rings. The highest BCUT2D eigenvalue weighted by Gasteiger charge is 2.26. The second kappa shape index (κ2) is 8.69. The number of anilines is 1. The maximum Gasteiger partial charge on any atom is 0.255 e. The molecular weight excluding hydrogens is 420 g/mol. The lowest BCUT2D eigenvalue weighted by molar-refractivity contribution is 0.0730. The summed E-state index contributed by atoms with van der Waals surface area (Å²) in [7, 11) is -3.66. The first-order chi connectivity index (χ1) is 14.4. The van der Waals surface area contributed by atoms with Crippen LogP contribution in [0.25, 0.3) is 10.4 Å². The monoisotopic (exact) mass is 442 g/mol. The molecule has 0 saturated carbocycles. The van der Waals surface area contributed by atoms with Gasteiger partial charge in [-0.05, 0) is 59.8 Å². The van der Waals surface area contributed by atoms with Gasteiger partial charge < -0.3 is 10.1 Å². The Morgan fingerprint density at radius 2 is 1.83 bits per heavy atom. The molecule has 4 rings (SSSR count). The fraction of sp³-hybridized carbons (Fsp3) is 0.227. The number of amides is 1. The minimum absolute atomic E-state index is 0.111. The smallest absolute Gasteiger partial charge is 0.255 e. The molecule has 2 aromatic carbocycles. The zero-order chi connectivity index (χ0) is 21.1. The topological polar surface area (TPSA) is 75.7 Å². The Balaban J connectivity index is 1.55. The van der Waals surface area contributed by atoms with Crippen molar-refractivity contribution >= 4 is 33.0 Å². The lowest BCUT2D eigenvalue weighted by atomic mass is 10.1. The maximum absolute atomic E-state index is 12.9. The van der Waals surface area contributed by atoms with E-state index in [1.165, 1.54) is 22.0 Å². The molecule has 6 nitrogen and oxygen atoms in total. The predicted octanol–water partition coefficient (Wildman–Crippen LogP) is 4.00. The van der Waals surface area contributed by atoms with Crippen LogP contribution < -0.4 is 5.32 Å². The molecule has 1 aromatic heterocycles. The number of morpholine rings is 1. The van der Waals surface area contributed by atoms with Crippen molar-refractivity contribution in [1.29, 1.82) is 0 Å². The Labute approximate surface area is 180 Å². The molecule has 1 N–H and O–H groups in total. The molecule has 2 heterocycles. The number of hydrogen-bond acceptors (Lipinski definition) is 5. The van der Waals surface area contributed by atoms with Crippen LogP contribution >= 0.6 is 11.3 Å². The number of benzene rings is 2. The zero-order valence-corrected chi connectivity index (χ0v) is 18.1. The van der Waals surface area contributed by atoms with Crippen LogP contribution in [-0.4, -0.2) is 44.9 Å². The van der Waals surface area contributed by atoms with Crippen molar-refractivity contribution in [2.45, 2.75) is 11.8 Å². The molecule has 156 valence electrons. The van der Waals surface area contributed by atoms with Crippen LogP contribution in [0.2, 0.25) is 0 Å². The van der Waals surface area contributed by atoms with Crippen molar-refractivity contribution in [3.05, 3.63) is 71.1 Å². The van der Waals surface area contributed by atoms with Gasteiger partial charge in [0.1, 0.15) is 0 Å². The highest BCUT2D eigenvalue weighted by atomic mass is 32.2. The van der Waals surface area contributed by atoms with Gasteiger partial charge >= 0.3 is 0 Å². The first kappa shape index (κ1) is 20.7. The van der Waals surface area contributed by atoms with E-state index in [4.69, 9.17) is 4.74 Å². The number of sulfonamides is 1. The molecule has 1 aliphatic heterocycles. The van der Waals surface area contributed by atoms with Gasteiger partial charge in [-0.2, -0.15) is 4.31 Å². The van der Waals surface area contributed by atoms with Crippen LogP contribution in [0.15, 0.2) is 64.9 Å². The fourth-order valence-corrected chi connectivity index (χ4v) is 5.72. The van der Waals surface area contributed by atoms with Crippen molar-refractivity contribution in [3.8, 4) is 10.4 Å². The van der Waals surface area contributed by atoms with E-state index >= 15 is 0 Å². The molecule has 0 bridgehead atoms. The molecule has 0 spiro atoms. The van der Waals surface area contributed by atoms with Gasteiger partial charge in [0, 0.05) is 29.2 Å². The van der Waals surface area contributed by atoms with Crippen molar-refractivity contribution in [1.82, 2.24) is 4.31 Å². The molecule has 0 unspecified atom stereocenters. The summed E-state index contributed by atoms with van der Waals surface area (Å²) >= 11 is 1.65. The third kappa shape index (κ3) is 4.32. The van der Waals surface area contributed by atoms with Gasteiger partial charge in [0.15, 0.2) is 0 Å². The van der Waals surface area contributed by atoms with E-state index in [-0.39, 0.29) is 10.8 Å². The molecule has 1 aliphatic rings. The summed E-state index contributed by atoms with van der Waals surface area (Å²) in [5, 5.41) is 4.91. The Bertz CT molecular complexity index is 1170. The Kier molecular flexibility index (Phi) is 6.01. The average Bonchev–Trinajstić information content (AvgIpc) is 3.20. The number of ether oxygens (including phenoxy) is 1. The number of aryl methyl sites for hydroxylation is 1. The van der Waals surface area contributed by atoms with Crippen LogP contribution in [0.4, 0.5) is 5.69 Å². The second-order valence-corrected chi connectivity index (χ2v) is 9.87. The van der Waals surface area contributed by atoms with Crippen molar-refractivity contribution < 1.29 is 17.9 Å². The van der Waals surface area contributed by atoms with E-state index in [0.717, 1.165) is 10.4 Å². The largest absolute Gasteiger partial charge is 0.379 e. The lowest BCUT2D eigenvalue weighted by Gasteiger charge is -2.26. The van der Waals surface area contributed by atoms with E-state index in [2.05, 4.69) is 18.3 Å². The molecule has 8 heteroatoms. The highest BCUT2D eigenvalue weighted by Crippen LogP contribution is 2.30. The summed E-state index contributed by atoms with van der Waals surface area (Å²) in [4.78, 5) is 14.1. The molecule has 3 aromatic rings. The van der Waals surface area contributed by atoms with E-state index in [9.17, 15) is 13.2 Å². The van der Waals surface area contributed by atoms with Gasteiger partial charge in [-0.1, -0.05) is 18.2 Å². The van der Waals surface area contributed by atoms with E-state index < -0.39 is 10.0 Å². The van der Waals surface area contributed by atoms with Crippen molar-refractivity contribution in [3.63, 3.8) is 0 Å². The maximum atomic E-state index is 12.9. The SMILES string of the molecule is Cc1ccsc1-c1cccc(NC(=O)c2cccc(S(=O)(=O)N3CCOCC3)c2)c1. The molecule has 30 heavy (non-hydrogen) atoms. The Morgan fingerprint density at radius 1 is 1.07 bits per heavy atom. The van der Waals surface area contributed by atoms with Gasteiger partial charge in [0.05, 0.1) is 18.1 Å². The number of nitrogens with one attached hydrogen (secondary N) is 1. The van der Waals surface area contributed by atoms with Gasteiger partial charge in [0.2, 0.25) is 10.0 Å². The summed E-state index contributed by atoms with van der Waals surface area (Å²) in [5.74, 6) is -0.353. The molecule has 1 amide bonds. The van der Waals surface area contributed by atoms with E-state index in [0.29, 0.717) is 37.6 Å². The second-order valence-electron chi connectivity index (χ2n) is 7.01. The third-order valence-electron chi connectivity index (χ3n) is 4.95. The number of carbonyl (C=O) groups is 1. The van der Waals surface area contributed by atoms with Crippen LogP contribution in [0, 0.1) is 6.92 Å². The third-order valence-corrected chi connectivity index (χ3v) is 7.91. The molecular formula is C22H22N2O4S2. The van der Waals surface area contributed by atoms with Gasteiger partial charge in [0.25, 0.3) is 5.91 Å². The van der Waals surface area contributed by atoms with Crippen LogP contribution in [0.5, 0.6) is 0 Å².